The van der Waals surface area contributed by atoms with Crippen molar-refractivity contribution in [2.45, 2.75) is 24.9 Å². The molecular formula is C11H16N6O2S. The molecule has 0 bridgehead atoms. The van der Waals surface area contributed by atoms with Crippen LogP contribution in [-0.4, -0.2) is 45.7 Å². The molecule has 1 unspecified atom stereocenters. The first-order valence-electron chi connectivity index (χ1n) is 6.13. The highest BCUT2D eigenvalue weighted by molar-refractivity contribution is 7.99. The molecule has 0 aromatic carbocycles. The Kier molecular flexibility index (Phi) is 4.61. The van der Waals surface area contributed by atoms with Crippen molar-refractivity contribution in [3.05, 3.63) is 17.5 Å². The van der Waals surface area contributed by atoms with Gasteiger partial charge in [-0.15, -0.1) is 16.9 Å². The largest absolute Gasteiger partial charge is 0.351 e. The predicted octanol–water partition coefficient (Wildman–Crippen LogP) is -0.0117. The first-order valence-corrected chi connectivity index (χ1v) is 7.11. The van der Waals surface area contributed by atoms with Gasteiger partial charge in [-0.1, -0.05) is 0 Å². The van der Waals surface area contributed by atoms with Gasteiger partial charge in [0.2, 0.25) is 0 Å². The van der Waals surface area contributed by atoms with Crippen LogP contribution in [0.5, 0.6) is 0 Å². The van der Waals surface area contributed by atoms with Gasteiger partial charge in [0.15, 0.2) is 0 Å². The van der Waals surface area contributed by atoms with Crippen LogP contribution >= 0.6 is 11.8 Å². The summed E-state index contributed by atoms with van der Waals surface area (Å²) in [6.45, 7) is 4.00. The topological polar surface area (TPSA) is 112 Å². The van der Waals surface area contributed by atoms with E-state index in [0.29, 0.717) is 23.6 Å². The number of hydrogen-bond acceptors (Lipinski definition) is 5. The number of urea groups is 1. The Morgan fingerprint density at radius 2 is 2.35 bits per heavy atom. The maximum absolute atomic E-state index is 12.1. The number of carbonyl (C=O) groups is 2. The van der Waals surface area contributed by atoms with E-state index in [1.165, 1.54) is 11.8 Å². The Labute approximate surface area is 120 Å². The number of aromatic amines is 1. The normalized spacial score (nSPS) is 18.5. The molecule has 8 nitrogen and oxygen atoms in total. The minimum absolute atomic E-state index is 0.178. The van der Waals surface area contributed by atoms with Crippen LogP contribution in [0.15, 0.2) is 22.5 Å². The predicted molar refractivity (Wildman–Crippen MR) is 73.9 cm³/mol. The number of allylic oxidation sites excluding steroid dienone is 1. The van der Waals surface area contributed by atoms with Gasteiger partial charge in [0, 0.05) is 18.0 Å². The quantitative estimate of drug-likeness (QED) is 0.451. The van der Waals surface area contributed by atoms with Crippen molar-refractivity contribution in [3.63, 3.8) is 0 Å². The average molecular weight is 296 g/mol. The Morgan fingerprint density at radius 1 is 1.55 bits per heavy atom. The van der Waals surface area contributed by atoms with Gasteiger partial charge in [0.05, 0.1) is 17.8 Å². The van der Waals surface area contributed by atoms with E-state index in [1.807, 2.05) is 0 Å². The molecule has 0 spiro atoms. The van der Waals surface area contributed by atoms with Gasteiger partial charge in [-0.05, 0) is 13.8 Å². The maximum atomic E-state index is 12.1. The van der Waals surface area contributed by atoms with Crippen LogP contribution in [0.3, 0.4) is 0 Å². The first-order chi connectivity index (χ1) is 9.58. The molecule has 20 heavy (non-hydrogen) atoms. The van der Waals surface area contributed by atoms with Crippen LogP contribution < -0.4 is 16.0 Å². The molecule has 0 radical (unpaired) electrons. The van der Waals surface area contributed by atoms with E-state index in [4.69, 9.17) is 0 Å². The number of nitrogens with zero attached hydrogens (tertiary/aromatic N) is 2. The molecule has 9 heteroatoms. The second-order valence-corrected chi connectivity index (χ2v) is 5.39. The van der Waals surface area contributed by atoms with E-state index < -0.39 is 0 Å². The molecule has 4 N–H and O–H groups in total. The van der Waals surface area contributed by atoms with Crippen LogP contribution in [0.1, 0.15) is 13.8 Å². The number of amides is 3. The third-order valence-corrected chi connectivity index (χ3v) is 3.66. The fourth-order valence-electron chi connectivity index (χ4n) is 1.91. The summed E-state index contributed by atoms with van der Waals surface area (Å²) in [6, 6.07) is -0.583. The zero-order valence-electron chi connectivity index (χ0n) is 11.2. The fourth-order valence-corrected chi connectivity index (χ4v) is 2.56. The third-order valence-electron chi connectivity index (χ3n) is 2.76. The molecule has 0 fully saturated rings. The van der Waals surface area contributed by atoms with Gasteiger partial charge < -0.3 is 16.0 Å². The lowest BCUT2D eigenvalue weighted by Crippen LogP contribution is -2.50. The zero-order valence-corrected chi connectivity index (χ0v) is 12.0. The van der Waals surface area contributed by atoms with Gasteiger partial charge in [0.1, 0.15) is 5.03 Å². The highest BCUT2D eigenvalue weighted by Crippen LogP contribution is 2.13. The van der Waals surface area contributed by atoms with Crippen molar-refractivity contribution in [3.8, 4) is 0 Å². The Hall–Kier alpha value is -2.03. The van der Waals surface area contributed by atoms with Crippen LogP contribution in [0.2, 0.25) is 0 Å². The van der Waals surface area contributed by atoms with Crippen LogP contribution in [0.25, 0.3) is 0 Å². The lowest BCUT2D eigenvalue weighted by atomic mass is 10.0. The molecule has 1 aliphatic rings. The molecule has 3 amide bonds. The number of hydrogen-bond donors (Lipinski definition) is 4. The van der Waals surface area contributed by atoms with E-state index in [9.17, 15) is 9.59 Å². The number of thioether (sulfide) groups is 1. The molecule has 1 aliphatic heterocycles. The van der Waals surface area contributed by atoms with E-state index >= 15 is 0 Å². The number of carbonyl (C=O) groups excluding carboxylic acids is 2. The molecule has 2 rings (SSSR count). The maximum Gasteiger partial charge on any atom is 0.319 e. The summed E-state index contributed by atoms with van der Waals surface area (Å²) in [6.07, 6.45) is 1.63. The summed E-state index contributed by atoms with van der Waals surface area (Å²) in [5.41, 5.74) is 1.14. The average Bonchev–Trinajstić information content (AvgIpc) is 2.86. The highest BCUT2D eigenvalue weighted by atomic mass is 32.2. The summed E-state index contributed by atoms with van der Waals surface area (Å²) in [7, 11) is 0. The van der Waals surface area contributed by atoms with Gasteiger partial charge in [0.25, 0.3) is 5.91 Å². The Morgan fingerprint density at radius 3 is 3.00 bits per heavy atom. The SMILES string of the molecule is CC1=C(C(=O)NCCSc2cn[nH]n2)C(C)NC(=O)N1. The van der Waals surface area contributed by atoms with Crippen molar-refractivity contribution < 1.29 is 9.59 Å². The zero-order chi connectivity index (χ0) is 14.5. The lowest BCUT2D eigenvalue weighted by molar-refractivity contribution is -0.117. The first kappa shape index (κ1) is 14.4. The van der Waals surface area contributed by atoms with Crippen LogP contribution in [0, 0.1) is 0 Å². The number of H-pyrrole nitrogens is 1. The fraction of sp³-hybridized carbons (Fsp3) is 0.455. The monoisotopic (exact) mass is 296 g/mol. The van der Waals surface area contributed by atoms with E-state index in [0.717, 1.165) is 5.03 Å². The van der Waals surface area contributed by atoms with Gasteiger partial charge in [-0.25, -0.2) is 4.79 Å². The Balaban J connectivity index is 1.82. The van der Waals surface area contributed by atoms with Crippen LogP contribution in [0.4, 0.5) is 4.79 Å². The molecule has 0 saturated carbocycles. The van der Waals surface area contributed by atoms with Gasteiger partial charge in [-0.2, -0.15) is 10.3 Å². The van der Waals surface area contributed by atoms with Crippen molar-refractivity contribution >= 4 is 23.7 Å². The lowest BCUT2D eigenvalue weighted by Gasteiger charge is -2.25. The van der Waals surface area contributed by atoms with Crippen molar-refractivity contribution in [2.75, 3.05) is 12.3 Å². The summed E-state index contributed by atoms with van der Waals surface area (Å²) in [5, 5.41) is 19.0. The summed E-state index contributed by atoms with van der Waals surface area (Å²) >= 11 is 1.50. The van der Waals surface area contributed by atoms with Gasteiger partial charge in [-0.3, -0.25) is 4.79 Å². The van der Waals surface area contributed by atoms with Crippen LogP contribution in [-0.2, 0) is 4.79 Å². The molecule has 108 valence electrons. The van der Waals surface area contributed by atoms with E-state index in [2.05, 4.69) is 31.4 Å². The number of rotatable bonds is 5. The number of nitrogens with one attached hydrogen (secondary N) is 4. The smallest absolute Gasteiger partial charge is 0.319 e. The molecule has 1 atom stereocenters. The molecule has 0 saturated heterocycles. The molecule has 1 aromatic rings. The van der Waals surface area contributed by atoms with E-state index in [1.54, 1.807) is 20.0 Å². The van der Waals surface area contributed by atoms with Crippen molar-refractivity contribution in [2.24, 2.45) is 0 Å². The highest BCUT2D eigenvalue weighted by Gasteiger charge is 2.26. The molecule has 0 aliphatic carbocycles. The molecular weight excluding hydrogens is 280 g/mol. The molecule has 1 aromatic heterocycles. The van der Waals surface area contributed by atoms with Gasteiger partial charge >= 0.3 is 6.03 Å². The summed E-state index contributed by atoms with van der Waals surface area (Å²) < 4.78 is 0. The van der Waals surface area contributed by atoms with Crippen molar-refractivity contribution in [1.29, 1.82) is 0 Å². The minimum atomic E-state index is -0.299. The summed E-state index contributed by atoms with van der Waals surface area (Å²) in [5.74, 6) is 0.516. The van der Waals surface area contributed by atoms with Crippen molar-refractivity contribution in [1.82, 2.24) is 31.4 Å². The summed E-state index contributed by atoms with van der Waals surface area (Å²) in [4.78, 5) is 23.3. The second-order valence-electron chi connectivity index (χ2n) is 4.27. The molecule has 2 heterocycles. The third kappa shape index (κ3) is 3.50. The number of aromatic nitrogens is 3. The minimum Gasteiger partial charge on any atom is -0.351 e. The standard InChI is InChI=1S/C11H16N6O2S/c1-6-9(7(2)15-11(19)14-6)10(18)12-3-4-20-8-5-13-17-16-8/h5-6H,3-4H2,1-2H3,(H,12,18)(H,13,16,17)(H2,14,15,19). The Bertz CT molecular complexity index is 527. The second kappa shape index (κ2) is 6.42. The van der Waals surface area contributed by atoms with E-state index in [-0.39, 0.29) is 18.0 Å².